The number of nitrogens with zero attached hydrogens (tertiary/aromatic N) is 2. The van der Waals surface area contributed by atoms with Gasteiger partial charge in [0.2, 0.25) is 0 Å². The van der Waals surface area contributed by atoms with E-state index in [0.29, 0.717) is 18.2 Å². The number of nitrogens with one attached hydrogen (secondary N) is 1. The molecule has 2 rings (SSSR count). The van der Waals surface area contributed by atoms with Crippen LogP contribution in [-0.2, 0) is 0 Å². The van der Waals surface area contributed by atoms with Crippen LogP contribution in [0.15, 0.2) is 30.5 Å². The van der Waals surface area contributed by atoms with Crippen molar-refractivity contribution in [3.8, 4) is 0 Å². The second-order valence-corrected chi connectivity index (χ2v) is 5.04. The SMILES string of the molecule is CC(C)CCCNC(=O)c1cnc2ccccc2n1. The first-order valence-electron chi connectivity index (χ1n) is 6.67. The summed E-state index contributed by atoms with van der Waals surface area (Å²) in [5.41, 5.74) is 1.93. The Hall–Kier alpha value is -1.97. The molecule has 1 heterocycles. The van der Waals surface area contributed by atoms with Gasteiger partial charge in [0, 0.05) is 6.54 Å². The number of hydrogen-bond donors (Lipinski definition) is 1. The molecule has 0 bridgehead atoms. The lowest BCUT2D eigenvalue weighted by molar-refractivity contribution is 0.0947. The first-order chi connectivity index (χ1) is 9.16. The van der Waals surface area contributed by atoms with Crippen LogP contribution in [0.5, 0.6) is 0 Å². The monoisotopic (exact) mass is 257 g/mol. The summed E-state index contributed by atoms with van der Waals surface area (Å²) in [5, 5.41) is 2.88. The Morgan fingerprint density at radius 3 is 2.74 bits per heavy atom. The highest BCUT2D eigenvalue weighted by atomic mass is 16.1. The molecule has 0 aliphatic rings. The van der Waals surface area contributed by atoms with Crippen molar-refractivity contribution >= 4 is 16.9 Å². The topological polar surface area (TPSA) is 54.9 Å². The van der Waals surface area contributed by atoms with Crippen molar-refractivity contribution in [2.45, 2.75) is 26.7 Å². The molecule has 1 aromatic carbocycles. The van der Waals surface area contributed by atoms with Gasteiger partial charge in [0.1, 0.15) is 5.69 Å². The third-order valence-corrected chi connectivity index (χ3v) is 2.93. The molecule has 0 aliphatic heterocycles. The summed E-state index contributed by atoms with van der Waals surface area (Å²) in [7, 11) is 0. The van der Waals surface area contributed by atoms with Crippen LogP contribution < -0.4 is 5.32 Å². The van der Waals surface area contributed by atoms with Gasteiger partial charge in [-0.1, -0.05) is 26.0 Å². The molecule has 4 nitrogen and oxygen atoms in total. The molecule has 4 heteroatoms. The number of hydrogen-bond acceptors (Lipinski definition) is 3. The molecule has 1 N–H and O–H groups in total. The van der Waals surface area contributed by atoms with E-state index in [1.807, 2.05) is 24.3 Å². The van der Waals surface area contributed by atoms with Crippen LogP contribution in [0.25, 0.3) is 11.0 Å². The Morgan fingerprint density at radius 1 is 1.26 bits per heavy atom. The van der Waals surface area contributed by atoms with Crippen LogP contribution in [-0.4, -0.2) is 22.4 Å². The van der Waals surface area contributed by atoms with Crippen LogP contribution in [0.1, 0.15) is 37.2 Å². The Morgan fingerprint density at radius 2 is 2.00 bits per heavy atom. The zero-order valence-electron chi connectivity index (χ0n) is 11.4. The Balaban J connectivity index is 1.97. The third kappa shape index (κ3) is 3.74. The van der Waals surface area contributed by atoms with E-state index in [0.717, 1.165) is 23.9 Å². The highest BCUT2D eigenvalue weighted by Crippen LogP contribution is 2.08. The maximum absolute atomic E-state index is 11.9. The van der Waals surface area contributed by atoms with E-state index >= 15 is 0 Å². The molecular weight excluding hydrogens is 238 g/mol. The van der Waals surface area contributed by atoms with Gasteiger partial charge in [-0.3, -0.25) is 9.78 Å². The summed E-state index contributed by atoms with van der Waals surface area (Å²) in [4.78, 5) is 20.5. The van der Waals surface area contributed by atoms with E-state index in [2.05, 4.69) is 29.1 Å². The Kier molecular flexibility index (Phi) is 4.44. The number of rotatable bonds is 5. The molecule has 0 saturated heterocycles. The molecule has 1 amide bonds. The van der Waals surface area contributed by atoms with Crippen LogP contribution >= 0.6 is 0 Å². The van der Waals surface area contributed by atoms with Gasteiger partial charge in [0.25, 0.3) is 5.91 Å². The van der Waals surface area contributed by atoms with Gasteiger partial charge >= 0.3 is 0 Å². The van der Waals surface area contributed by atoms with Crippen molar-refractivity contribution in [3.63, 3.8) is 0 Å². The largest absolute Gasteiger partial charge is 0.351 e. The summed E-state index contributed by atoms with van der Waals surface area (Å²) < 4.78 is 0. The second-order valence-electron chi connectivity index (χ2n) is 5.04. The van der Waals surface area contributed by atoms with Crippen molar-refractivity contribution in [3.05, 3.63) is 36.2 Å². The van der Waals surface area contributed by atoms with E-state index < -0.39 is 0 Å². The van der Waals surface area contributed by atoms with Crippen molar-refractivity contribution < 1.29 is 4.79 Å². The van der Waals surface area contributed by atoms with Crippen LogP contribution in [0, 0.1) is 5.92 Å². The molecule has 0 spiro atoms. The first kappa shape index (κ1) is 13.5. The van der Waals surface area contributed by atoms with E-state index in [1.165, 1.54) is 6.20 Å². The highest BCUT2D eigenvalue weighted by molar-refractivity contribution is 5.93. The number of carbonyl (C=O) groups is 1. The Bertz CT molecular complexity index is 566. The molecule has 1 aromatic heterocycles. The van der Waals surface area contributed by atoms with Gasteiger partial charge in [0.15, 0.2) is 0 Å². The summed E-state index contributed by atoms with van der Waals surface area (Å²) in [5.74, 6) is 0.513. The fourth-order valence-electron chi connectivity index (χ4n) is 1.87. The van der Waals surface area contributed by atoms with Gasteiger partial charge < -0.3 is 5.32 Å². The van der Waals surface area contributed by atoms with Gasteiger partial charge in [0.05, 0.1) is 17.2 Å². The molecular formula is C15H19N3O. The molecule has 0 saturated carbocycles. The molecule has 0 atom stereocenters. The molecule has 2 aromatic rings. The predicted molar refractivity (Wildman–Crippen MR) is 75.9 cm³/mol. The van der Waals surface area contributed by atoms with Gasteiger partial charge in [-0.25, -0.2) is 4.98 Å². The normalized spacial score (nSPS) is 10.9. The van der Waals surface area contributed by atoms with Gasteiger partial charge in [-0.15, -0.1) is 0 Å². The average Bonchev–Trinajstić information content (AvgIpc) is 2.42. The fraction of sp³-hybridized carbons (Fsp3) is 0.400. The summed E-state index contributed by atoms with van der Waals surface area (Å²) in [6, 6.07) is 7.54. The fourth-order valence-corrected chi connectivity index (χ4v) is 1.87. The van der Waals surface area contributed by atoms with E-state index in [4.69, 9.17) is 0 Å². The maximum Gasteiger partial charge on any atom is 0.271 e. The standard InChI is InChI=1S/C15H19N3O/c1-11(2)6-5-9-16-15(19)14-10-17-12-7-3-4-8-13(12)18-14/h3-4,7-8,10-11H,5-6,9H2,1-2H3,(H,16,19). The van der Waals surface area contributed by atoms with Crippen molar-refractivity contribution in [1.82, 2.24) is 15.3 Å². The molecule has 100 valence electrons. The van der Waals surface area contributed by atoms with Gasteiger partial charge in [-0.05, 0) is 30.9 Å². The zero-order chi connectivity index (χ0) is 13.7. The summed E-state index contributed by atoms with van der Waals surface area (Å²) in [6.07, 6.45) is 3.63. The van der Waals surface area contributed by atoms with Crippen molar-refractivity contribution in [1.29, 1.82) is 0 Å². The zero-order valence-corrected chi connectivity index (χ0v) is 11.4. The van der Waals surface area contributed by atoms with E-state index in [-0.39, 0.29) is 5.91 Å². The molecule has 0 unspecified atom stereocenters. The number of fused-ring (bicyclic) bond motifs is 1. The van der Waals surface area contributed by atoms with Crippen molar-refractivity contribution in [2.75, 3.05) is 6.54 Å². The summed E-state index contributed by atoms with van der Waals surface area (Å²) in [6.45, 7) is 5.04. The molecule has 19 heavy (non-hydrogen) atoms. The highest BCUT2D eigenvalue weighted by Gasteiger charge is 2.08. The lowest BCUT2D eigenvalue weighted by atomic mass is 10.1. The minimum Gasteiger partial charge on any atom is -0.351 e. The third-order valence-electron chi connectivity index (χ3n) is 2.93. The summed E-state index contributed by atoms with van der Waals surface area (Å²) >= 11 is 0. The smallest absolute Gasteiger partial charge is 0.271 e. The average molecular weight is 257 g/mol. The minimum atomic E-state index is -0.151. The van der Waals surface area contributed by atoms with Gasteiger partial charge in [-0.2, -0.15) is 0 Å². The number of benzene rings is 1. The molecule has 0 aliphatic carbocycles. The predicted octanol–water partition coefficient (Wildman–Crippen LogP) is 2.80. The number of amides is 1. The number of carbonyl (C=O) groups excluding carboxylic acids is 1. The van der Waals surface area contributed by atoms with Crippen molar-refractivity contribution in [2.24, 2.45) is 5.92 Å². The number of para-hydroxylation sites is 2. The van der Waals surface area contributed by atoms with Crippen LogP contribution in [0.4, 0.5) is 0 Å². The van der Waals surface area contributed by atoms with Crippen LogP contribution in [0.3, 0.4) is 0 Å². The molecule has 0 radical (unpaired) electrons. The minimum absolute atomic E-state index is 0.151. The van der Waals surface area contributed by atoms with E-state index in [1.54, 1.807) is 0 Å². The quantitative estimate of drug-likeness (QED) is 0.838. The molecule has 0 fully saturated rings. The second kappa shape index (κ2) is 6.27. The maximum atomic E-state index is 11.9. The first-order valence-corrected chi connectivity index (χ1v) is 6.67. The van der Waals surface area contributed by atoms with E-state index in [9.17, 15) is 4.79 Å². The van der Waals surface area contributed by atoms with Crippen LogP contribution in [0.2, 0.25) is 0 Å². The lowest BCUT2D eigenvalue weighted by Crippen LogP contribution is -2.25. The number of aromatic nitrogens is 2. The lowest BCUT2D eigenvalue weighted by Gasteiger charge is -2.06. The Labute approximate surface area is 113 Å².